The molecule has 0 saturated carbocycles. The molecule has 0 amide bonds. The number of methoxy groups -OCH3 is 2. The van der Waals surface area contributed by atoms with Crippen molar-refractivity contribution in [1.29, 1.82) is 0 Å². The van der Waals surface area contributed by atoms with Crippen LogP contribution in [0.25, 0.3) is 12.2 Å². The molecule has 1 aliphatic carbocycles. The number of aliphatic hydroxyl groups is 1. The average molecular weight is 412 g/mol. The summed E-state index contributed by atoms with van der Waals surface area (Å²) < 4.78 is 37.5. The molecule has 0 unspecified atom stereocenters. The van der Waals surface area contributed by atoms with Crippen molar-refractivity contribution < 1.29 is 28.2 Å². The van der Waals surface area contributed by atoms with E-state index in [0.29, 0.717) is 47.5 Å². The second-order valence-electron chi connectivity index (χ2n) is 6.82. The minimum atomic E-state index is -0.447. The summed E-state index contributed by atoms with van der Waals surface area (Å²) in [4.78, 5) is 12.7. The van der Waals surface area contributed by atoms with Gasteiger partial charge in [0.05, 0.1) is 14.2 Å². The van der Waals surface area contributed by atoms with Crippen molar-refractivity contribution in [2.75, 3.05) is 14.2 Å². The minimum Gasteiger partial charge on any atom is -0.507 e. The van der Waals surface area contributed by atoms with Gasteiger partial charge in [0.1, 0.15) is 28.9 Å². The summed E-state index contributed by atoms with van der Waals surface area (Å²) in [6.07, 6.45) is 5.98. The van der Waals surface area contributed by atoms with E-state index in [0.717, 1.165) is 0 Å². The number of benzene rings is 2. The molecule has 0 fully saturated rings. The highest BCUT2D eigenvalue weighted by Crippen LogP contribution is 2.32. The fourth-order valence-corrected chi connectivity index (χ4v) is 3.37. The van der Waals surface area contributed by atoms with Gasteiger partial charge in [0.25, 0.3) is 0 Å². The first-order valence-electron chi connectivity index (χ1n) is 9.45. The predicted molar refractivity (Wildman–Crippen MR) is 111 cm³/mol. The lowest BCUT2D eigenvalue weighted by Crippen LogP contribution is -2.10. The molecule has 1 aliphatic rings. The third-order valence-electron chi connectivity index (χ3n) is 4.89. The molecular weight excluding hydrogens is 390 g/mol. The number of rotatable bonds is 6. The van der Waals surface area contributed by atoms with Crippen LogP contribution >= 0.6 is 0 Å². The minimum absolute atomic E-state index is 0.117. The van der Waals surface area contributed by atoms with E-state index in [1.807, 2.05) is 0 Å². The van der Waals surface area contributed by atoms with E-state index in [1.54, 1.807) is 6.08 Å². The Labute approximate surface area is 173 Å². The van der Waals surface area contributed by atoms with E-state index in [9.17, 15) is 18.7 Å². The zero-order valence-electron chi connectivity index (χ0n) is 16.7. The summed E-state index contributed by atoms with van der Waals surface area (Å²) in [6.45, 7) is 0. The van der Waals surface area contributed by atoms with Crippen molar-refractivity contribution in [3.05, 3.63) is 82.1 Å². The van der Waals surface area contributed by atoms with Crippen molar-refractivity contribution in [2.24, 2.45) is 0 Å². The molecule has 0 aliphatic heterocycles. The largest absolute Gasteiger partial charge is 0.507 e. The van der Waals surface area contributed by atoms with Gasteiger partial charge in [-0.2, -0.15) is 0 Å². The van der Waals surface area contributed by atoms with Gasteiger partial charge in [-0.05, 0) is 79.5 Å². The van der Waals surface area contributed by atoms with Crippen LogP contribution in [0.3, 0.4) is 0 Å². The standard InChI is InChI=1S/C24H22F2O4/c1-29-22-10-7-18(25)13-15(22)6-9-21(27)20-5-3-4-16(24(20)28)12-17-14-19(26)8-11-23(17)30-2/h6-14,28H,3-5H2,1-2H3/b9-6+,16-12+. The van der Waals surface area contributed by atoms with E-state index >= 15 is 0 Å². The van der Waals surface area contributed by atoms with E-state index in [2.05, 4.69) is 0 Å². The highest BCUT2D eigenvalue weighted by Gasteiger charge is 2.21. The predicted octanol–water partition coefficient (Wildman–Crippen LogP) is 5.64. The molecule has 156 valence electrons. The second-order valence-corrected chi connectivity index (χ2v) is 6.82. The normalized spacial score (nSPS) is 15.7. The summed E-state index contributed by atoms with van der Waals surface area (Å²) in [7, 11) is 2.94. The van der Waals surface area contributed by atoms with Crippen LogP contribution in [0.15, 0.2) is 59.4 Å². The third kappa shape index (κ3) is 4.76. The van der Waals surface area contributed by atoms with Gasteiger partial charge < -0.3 is 14.6 Å². The van der Waals surface area contributed by atoms with Gasteiger partial charge in [-0.25, -0.2) is 8.78 Å². The number of ketones is 1. The van der Waals surface area contributed by atoms with Crippen LogP contribution < -0.4 is 9.47 Å². The number of halogens is 2. The van der Waals surface area contributed by atoms with Gasteiger partial charge in [-0.15, -0.1) is 0 Å². The zero-order valence-corrected chi connectivity index (χ0v) is 16.7. The van der Waals surface area contributed by atoms with Gasteiger partial charge >= 0.3 is 0 Å². The Kier molecular flexibility index (Phi) is 6.67. The van der Waals surface area contributed by atoms with Crippen molar-refractivity contribution in [3.8, 4) is 11.5 Å². The molecule has 3 rings (SSSR count). The quantitative estimate of drug-likeness (QED) is 0.624. The highest BCUT2D eigenvalue weighted by atomic mass is 19.1. The monoisotopic (exact) mass is 412 g/mol. The molecule has 0 atom stereocenters. The molecule has 0 radical (unpaired) electrons. The number of aliphatic hydroxyl groups excluding tert-OH is 1. The second kappa shape index (κ2) is 9.39. The number of hydrogen-bond donors (Lipinski definition) is 1. The summed E-state index contributed by atoms with van der Waals surface area (Å²) >= 11 is 0. The SMILES string of the molecule is COc1ccc(F)cc1/C=C/C(=O)C1=C(O)/C(=C/c2cc(F)ccc2OC)CCC1. The van der Waals surface area contributed by atoms with Crippen LogP contribution in [0.1, 0.15) is 30.4 Å². The maximum atomic E-state index is 13.6. The van der Waals surface area contributed by atoms with Gasteiger partial charge in [0, 0.05) is 16.7 Å². The Balaban J connectivity index is 1.91. The Morgan fingerprint density at radius 2 is 1.57 bits per heavy atom. The van der Waals surface area contributed by atoms with Gasteiger partial charge in [-0.1, -0.05) is 0 Å². The molecule has 2 aromatic carbocycles. The molecule has 0 spiro atoms. The Hall–Kier alpha value is -3.41. The number of allylic oxidation sites excluding steroid dienone is 3. The van der Waals surface area contributed by atoms with Crippen LogP contribution in [0.4, 0.5) is 8.78 Å². The van der Waals surface area contributed by atoms with Crippen molar-refractivity contribution >= 4 is 17.9 Å². The Morgan fingerprint density at radius 3 is 2.20 bits per heavy atom. The van der Waals surface area contributed by atoms with Crippen molar-refractivity contribution in [2.45, 2.75) is 19.3 Å². The van der Waals surface area contributed by atoms with Crippen LogP contribution in [0.5, 0.6) is 11.5 Å². The number of carbonyl (C=O) groups is 1. The third-order valence-corrected chi connectivity index (χ3v) is 4.89. The molecule has 30 heavy (non-hydrogen) atoms. The highest BCUT2D eigenvalue weighted by molar-refractivity contribution is 6.07. The zero-order chi connectivity index (χ0) is 21.7. The molecule has 6 heteroatoms. The van der Waals surface area contributed by atoms with E-state index in [4.69, 9.17) is 9.47 Å². The van der Waals surface area contributed by atoms with Crippen molar-refractivity contribution in [3.63, 3.8) is 0 Å². The van der Waals surface area contributed by atoms with Crippen LogP contribution in [-0.2, 0) is 4.79 Å². The number of carbonyl (C=O) groups excluding carboxylic acids is 1. The first kappa shape index (κ1) is 21.3. The lowest BCUT2D eigenvalue weighted by Gasteiger charge is -2.18. The molecule has 1 N–H and O–H groups in total. The van der Waals surface area contributed by atoms with Crippen LogP contribution in [-0.4, -0.2) is 25.1 Å². The molecule has 0 aromatic heterocycles. The maximum Gasteiger partial charge on any atom is 0.185 e. The van der Waals surface area contributed by atoms with Crippen LogP contribution in [0, 0.1) is 11.6 Å². The number of hydrogen-bond acceptors (Lipinski definition) is 4. The topological polar surface area (TPSA) is 55.8 Å². The summed E-state index contributed by atoms with van der Waals surface area (Å²) in [5.74, 6) is -0.472. The van der Waals surface area contributed by atoms with Gasteiger partial charge in [-0.3, -0.25) is 4.79 Å². The molecular formula is C24H22F2O4. The average Bonchev–Trinajstić information content (AvgIpc) is 2.74. The Morgan fingerprint density at radius 1 is 0.967 bits per heavy atom. The molecule has 0 heterocycles. The molecule has 0 bridgehead atoms. The van der Waals surface area contributed by atoms with E-state index in [-0.39, 0.29) is 17.1 Å². The number of ether oxygens (including phenoxy) is 2. The van der Waals surface area contributed by atoms with E-state index in [1.165, 1.54) is 62.8 Å². The fourth-order valence-electron chi connectivity index (χ4n) is 3.37. The maximum absolute atomic E-state index is 13.6. The molecule has 0 saturated heterocycles. The first-order chi connectivity index (χ1) is 14.4. The summed E-state index contributed by atoms with van der Waals surface area (Å²) in [5, 5.41) is 10.7. The Bertz CT molecular complexity index is 1050. The summed E-state index contributed by atoms with van der Waals surface area (Å²) in [6, 6.07) is 8.12. The first-order valence-corrected chi connectivity index (χ1v) is 9.45. The molecule has 4 nitrogen and oxygen atoms in total. The van der Waals surface area contributed by atoms with E-state index < -0.39 is 11.6 Å². The van der Waals surface area contributed by atoms with Crippen LogP contribution in [0.2, 0.25) is 0 Å². The smallest absolute Gasteiger partial charge is 0.185 e. The fraction of sp³-hybridized carbons (Fsp3) is 0.208. The molecule has 2 aromatic rings. The van der Waals surface area contributed by atoms with Gasteiger partial charge in [0.2, 0.25) is 0 Å². The van der Waals surface area contributed by atoms with Gasteiger partial charge in [0.15, 0.2) is 5.78 Å². The summed E-state index contributed by atoms with van der Waals surface area (Å²) in [5.41, 5.74) is 1.69. The lowest BCUT2D eigenvalue weighted by molar-refractivity contribution is -0.111. The lowest BCUT2D eigenvalue weighted by atomic mass is 9.89. The van der Waals surface area contributed by atoms with Crippen molar-refractivity contribution in [1.82, 2.24) is 0 Å².